The Labute approximate surface area is 112 Å². The molecule has 1 N–H and O–H groups in total. The van der Waals surface area contributed by atoms with Crippen LogP contribution in [0.2, 0.25) is 0 Å². The number of nitrogens with one attached hydrogen (secondary N) is 1. The van der Waals surface area contributed by atoms with Crippen molar-refractivity contribution in [1.82, 2.24) is 10.2 Å². The zero-order chi connectivity index (χ0) is 14.4. The van der Waals surface area contributed by atoms with E-state index in [-0.39, 0.29) is 5.91 Å². The van der Waals surface area contributed by atoms with Crippen LogP contribution < -0.4 is 5.32 Å². The van der Waals surface area contributed by atoms with Gasteiger partial charge in [0.25, 0.3) is 0 Å². The molecule has 0 bridgehead atoms. The molecule has 0 atom stereocenters. The Morgan fingerprint density at radius 3 is 2.33 bits per heavy atom. The predicted molar refractivity (Wildman–Crippen MR) is 80.6 cm³/mol. The molecule has 0 rings (SSSR count). The third-order valence-electron chi connectivity index (χ3n) is 2.33. The molecule has 0 heterocycles. The first-order valence-electron chi connectivity index (χ1n) is 6.35. The fourth-order valence-electron chi connectivity index (χ4n) is 1.10. The maximum atomic E-state index is 10.8. The van der Waals surface area contributed by atoms with E-state index < -0.39 is 0 Å². The first kappa shape index (κ1) is 19.0. The molecule has 1 amide bonds. The van der Waals surface area contributed by atoms with Gasteiger partial charge < -0.3 is 10.2 Å². The summed E-state index contributed by atoms with van der Waals surface area (Å²) >= 11 is 0. The van der Waals surface area contributed by atoms with Crippen LogP contribution in [-0.2, 0) is 4.79 Å². The normalized spacial score (nSPS) is 10.8. The number of carbonyl (C=O) groups is 1. The van der Waals surface area contributed by atoms with Gasteiger partial charge in [-0.3, -0.25) is 4.79 Å². The van der Waals surface area contributed by atoms with E-state index in [1.807, 2.05) is 52.1 Å². The molecular formula is C15H28N2O. The summed E-state index contributed by atoms with van der Waals surface area (Å²) in [4.78, 5) is 12.6. The molecule has 104 valence electrons. The van der Waals surface area contributed by atoms with Gasteiger partial charge in [-0.1, -0.05) is 36.5 Å². The third kappa shape index (κ3) is 12.7. The quantitative estimate of drug-likeness (QED) is 0.737. The minimum Gasteiger partial charge on any atom is -0.342 e. The van der Waals surface area contributed by atoms with Crippen molar-refractivity contribution in [1.29, 1.82) is 0 Å². The lowest BCUT2D eigenvalue weighted by Crippen LogP contribution is -2.34. The second kappa shape index (κ2) is 13.7. The van der Waals surface area contributed by atoms with Gasteiger partial charge in [0.1, 0.15) is 0 Å². The van der Waals surface area contributed by atoms with Gasteiger partial charge in [-0.2, -0.15) is 0 Å². The average molecular weight is 252 g/mol. The van der Waals surface area contributed by atoms with Crippen LogP contribution in [0.5, 0.6) is 0 Å². The van der Waals surface area contributed by atoms with Crippen LogP contribution >= 0.6 is 0 Å². The number of hydrogen-bond donors (Lipinski definition) is 1. The molecule has 0 saturated heterocycles. The lowest BCUT2D eigenvalue weighted by molar-refractivity contribution is -0.128. The van der Waals surface area contributed by atoms with Crippen molar-refractivity contribution < 1.29 is 4.79 Å². The van der Waals surface area contributed by atoms with Gasteiger partial charge in [0.15, 0.2) is 0 Å². The SMILES string of the molecule is C=C/C(C)=C\C=C/C.CCN(CCNC)C(C)=O. The lowest BCUT2D eigenvalue weighted by Gasteiger charge is -2.17. The topological polar surface area (TPSA) is 32.3 Å². The molecule has 0 unspecified atom stereocenters. The standard InChI is InChI=1S/C8H12.C7H16N2O/c1-4-6-7-8(3)5-2;1-4-9(7(2)10)6-5-8-3/h4-7H,2H2,1,3H3;8H,4-6H2,1-3H3/b6-4-,8-7-;. The average Bonchev–Trinajstić information content (AvgIpc) is 2.37. The molecule has 0 aliphatic heterocycles. The van der Waals surface area contributed by atoms with Crippen molar-refractivity contribution in [2.75, 3.05) is 26.7 Å². The Bertz CT molecular complexity index is 280. The number of carbonyl (C=O) groups excluding carboxylic acids is 1. The second-order valence-corrected chi connectivity index (χ2v) is 3.84. The zero-order valence-electron chi connectivity index (χ0n) is 12.5. The largest absolute Gasteiger partial charge is 0.342 e. The van der Waals surface area contributed by atoms with Crippen molar-refractivity contribution in [3.8, 4) is 0 Å². The van der Waals surface area contributed by atoms with Crippen LogP contribution in [0.3, 0.4) is 0 Å². The maximum Gasteiger partial charge on any atom is 0.219 e. The van der Waals surface area contributed by atoms with Crippen molar-refractivity contribution >= 4 is 5.91 Å². The van der Waals surface area contributed by atoms with Gasteiger partial charge in [0.2, 0.25) is 5.91 Å². The molecule has 0 spiro atoms. The van der Waals surface area contributed by atoms with Crippen LogP contribution in [0.4, 0.5) is 0 Å². The van der Waals surface area contributed by atoms with Gasteiger partial charge >= 0.3 is 0 Å². The first-order valence-corrected chi connectivity index (χ1v) is 6.35. The van der Waals surface area contributed by atoms with E-state index in [0.29, 0.717) is 0 Å². The molecule has 3 heteroatoms. The Morgan fingerprint density at radius 1 is 1.39 bits per heavy atom. The Balaban J connectivity index is 0. The van der Waals surface area contributed by atoms with Gasteiger partial charge in [-0.25, -0.2) is 0 Å². The van der Waals surface area contributed by atoms with Crippen molar-refractivity contribution in [2.45, 2.75) is 27.7 Å². The van der Waals surface area contributed by atoms with Crippen LogP contribution in [0.25, 0.3) is 0 Å². The summed E-state index contributed by atoms with van der Waals surface area (Å²) in [5.74, 6) is 0.151. The third-order valence-corrected chi connectivity index (χ3v) is 2.33. The summed E-state index contributed by atoms with van der Waals surface area (Å²) in [5, 5.41) is 2.99. The summed E-state index contributed by atoms with van der Waals surface area (Å²) < 4.78 is 0. The van der Waals surface area contributed by atoms with E-state index >= 15 is 0 Å². The minimum atomic E-state index is 0.151. The molecule has 0 aliphatic carbocycles. The summed E-state index contributed by atoms with van der Waals surface area (Å²) in [6.45, 7) is 13.7. The molecule has 0 saturated carbocycles. The van der Waals surface area contributed by atoms with E-state index in [9.17, 15) is 4.79 Å². The summed E-state index contributed by atoms with van der Waals surface area (Å²) in [6.07, 6.45) is 7.84. The first-order chi connectivity index (χ1) is 8.53. The Morgan fingerprint density at radius 2 is 2.00 bits per heavy atom. The number of allylic oxidation sites excluding steroid dienone is 5. The van der Waals surface area contributed by atoms with Gasteiger partial charge in [0, 0.05) is 26.6 Å². The van der Waals surface area contributed by atoms with E-state index in [4.69, 9.17) is 0 Å². The summed E-state index contributed by atoms with van der Waals surface area (Å²) in [6, 6.07) is 0. The summed E-state index contributed by atoms with van der Waals surface area (Å²) in [7, 11) is 1.88. The van der Waals surface area contributed by atoms with Crippen LogP contribution in [0, 0.1) is 0 Å². The highest BCUT2D eigenvalue weighted by Gasteiger charge is 2.02. The molecule has 0 aromatic heterocycles. The van der Waals surface area contributed by atoms with E-state index in [0.717, 1.165) is 19.6 Å². The molecular weight excluding hydrogens is 224 g/mol. The van der Waals surface area contributed by atoms with Crippen LogP contribution in [-0.4, -0.2) is 37.5 Å². The van der Waals surface area contributed by atoms with Crippen LogP contribution in [0.1, 0.15) is 27.7 Å². The molecule has 0 aromatic carbocycles. The highest BCUT2D eigenvalue weighted by molar-refractivity contribution is 5.73. The number of nitrogens with zero attached hydrogens (tertiary/aromatic N) is 1. The van der Waals surface area contributed by atoms with E-state index in [1.54, 1.807) is 11.8 Å². The number of hydrogen-bond acceptors (Lipinski definition) is 2. The predicted octanol–water partition coefficient (Wildman–Crippen LogP) is 2.77. The molecule has 0 aliphatic rings. The molecule has 18 heavy (non-hydrogen) atoms. The van der Waals surface area contributed by atoms with Crippen molar-refractivity contribution in [3.63, 3.8) is 0 Å². The van der Waals surface area contributed by atoms with Gasteiger partial charge in [-0.05, 0) is 27.8 Å². The van der Waals surface area contributed by atoms with Crippen molar-refractivity contribution in [3.05, 3.63) is 36.5 Å². The van der Waals surface area contributed by atoms with Gasteiger partial charge in [0.05, 0.1) is 0 Å². The second-order valence-electron chi connectivity index (χ2n) is 3.84. The molecule has 3 nitrogen and oxygen atoms in total. The van der Waals surface area contributed by atoms with Crippen LogP contribution in [0.15, 0.2) is 36.5 Å². The number of amides is 1. The maximum absolute atomic E-state index is 10.8. The highest BCUT2D eigenvalue weighted by Crippen LogP contribution is 1.91. The molecule has 0 radical (unpaired) electrons. The smallest absolute Gasteiger partial charge is 0.219 e. The zero-order valence-corrected chi connectivity index (χ0v) is 12.5. The van der Waals surface area contributed by atoms with Crippen molar-refractivity contribution in [2.24, 2.45) is 0 Å². The monoisotopic (exact) mass is 252 g/mol. The lowest BCUT2D eigenvalue weighted by atomic mass is 10.3. The molecule has 0 aromatic rings. The Hall–Kier alpha value is -1.35. The Kier molecular flexibility index (Phi) is 14.5. The number of rotatable bonds is 6. The van der Waals surface area contributed by atoms with E-state index in [1.165, 1.54) is 5.57 Å². The summed E-state index contributed by atoms with van der Waals surface area (Å²) in [5.41, 5.74) is 1.20. The highest BCUT2D eigenvalue weighted by atomic mass is 16.2. The molecule has 0 fully saturated rings. The van der Waals surface area contributed by atoms with Gasteiger partial charge in [-0.15, -0.1) is 0 Å². The fourth-order valence-corrected chi connectivity index (χ4v) is 1.10. The number of likely N-dealkylation sites (N-methyl/N-ethyl adjacent to an activating group) is 2. The van der Waals surface area contributed by atoms with E-state index in [2.05, 4.69) is 11.9 Å². The minimum absolute atomic E-state index is 0.151. The fraction of sp³-hybridized carbons (Fsp3) is 0.533.